The van der Waals surface area contributed by atoms with Crippen molar-refractivity contribution in [3.63, 3.8) is 0 Å². The molecule has 7 heteroatoms. The number of alkyl halides is 3. The number of hydrogen-bond acceptors (Lipinski definition) is 4. The molecule has 1 fully saturated rings. The number of nitrogens with zero attached hydrogens (tertiary/aromatic N) is 2. The van der Waals surface area contributed by atoms with E-state index in [0.29, 0.717) is 18.4 Å². The lowest BCUT2D eigenvalue weighted by molar-refractivity contribution is -0.144. The SMILES string of the molecule is CNc1cc(NCC2CCCC2C)nc(C(F)(F)F)n1. The van der Waals surface area contributed by atoms with Gasteiger partial charge in [-0.2, -0.15) is 13.2 Å². The lowest BCUT2D eigenvalue weighted by atomic mass is 9.98. The van der Waals surface area contributed by atoms with Crippen LogP contribution in [0.5, 0.6) is 0 Å². The molecule has 2 unspecified atom stereocenters. The fourth-order valence-electron chi connectivity index (χ4n) is 2.55. The Labute approximate surface area is 116 Å². The largest absolute Gasteiger partial charge is 0.451 e. The summed E-state index contributed by atoms with van der Waals surface area (Å²) in [5.41, 5.74) is 0. The average molecular weight is 288 g/mol. The summed E-state index contributed by atoms with van der Waals surface area (Å²) in [5, 5.41) is 5.64. The first kappa shape index (κ1) is 14.9. The fraction of sp³-hybridized carbons (Fsp3) is 0.692. The number of aromatic nitrogens is 2. The highest BCUT2D eigenvalue weighted by atomic mass is 19.4. The van der Waals surface area contributed by atoms with Crippen LogP contribution in [0.1, 0.15) is 32.0 Å². The van der Waals surface area contributed by atoms with E-state index in [-0.39, 0.29) is 11.6 Å². The number of hydrogen-bond donors (Lipinski definition) is 2. The molecule has 1 heterocycles. The van der Waals surface area contributed by atoms with Gasteiger partial charge in [-0.25, -0.2) is 9.97 Å². The molecule has 0 bridgehead atoms. The number of halogens is 3. The molecule has 1 aliphatic rings. The zero-order valence-corrected chi connectivity index (χ0v) is 11.6. The number of nitrogens with one attached hydrogen (secondary N) is 2. The number of anilines is 2. The molecule has 2 rings (SSSR count). The van der Waals surface area contributed by atoms with Gasteiger partial charge in [-0.05, 0) is 18.3 Å². The summed E-state index contributed by atoms with van der Waals surface area (Å²) < 4.78 is 38.1. The van der Waals surface area contributed by atoms with Crippen LogP contribution < -0.4 is 10.6 Å². The molecule has 0 aromatic carbocycles. The van der Waals surface area contributed by atoms with Crippen molar-refractivity contribution in [3.8, 4) is 0 Å². The summed E-state index contributed by atoms with van der Waals surface area (Å²) in [6.07, 6.45) is -1.05. The Morgan fingerprint density at radius 2 is 1.95 bits per heavy atom. The number of rotatable bonds is 4. The second kappa shape index (κ2) is 5.85. The monoisotopic (exact) mass is 288 g/mol. The summed E-state index contributed by atoms with van der Waals surface area (Å²) in [4.78, 5) is 6.98. The van der Waals surface area contributed by atoms with Crippen LogP contribution in [-0.2, 0) is 6.18 Å². The maximum absolute atomic E-state index is 12.7. The molecule has 0 spiro atoms. The Morgan fingerprint density at radius 3 is 2.50 bits per heavy atom. The third-order valence-corrected chi connectivity index (χ3v) is 3.82. The smallest absolute Gasteiger partial charge is 0.373 e. The molecule has 1 aliphatic carbocycles. The van der Waals surface area contributed by atoms with Crippen LogP contribution in [0, 0.1) is 11.8 Å². The van der Waals surface area contributed by atoms with Crippen LogP contribution in [-0.4, -0.2) is 23.6 Å². The van der Waals surface area contributed by atoms with Crippen LogP contribution >= 0.6 is 0 Å². The molecule has 1 saturated carbocycles. The molecule has 0 radical (unpaired) electrons. The second-order valence-electron chi connectivity index (χ2n) is 5.26. The van der Waals surface area contributed by atoms with Crippen molar-refractivity contribution in [2.75, 3.05) is 24.2 Å². The van der Waals surface area contributed by atoms with Gasteiger partial charge in [-0.3, -0.25) is 0 Å². The van der Waals surface area contributed by atoms with Crippen LogP contribution in [0.15, 0.2) is 6.07 Å². The summed E-state index contributed by atoms with van der Waals surface area (Å²) in [6.45, 7) is 2.83. The van der Waals surface area contributed by atoms with E-state index in [1.54, 1.807) is 0 Å². The predicted octanol–water partition coefficient (Wildman–Crippen LogP) is 3.39. The molecule has 0 saturated heterocycles. The molecule has 0 amide bonds. The average Bonchev–Trinajstić information content (AvgIpc) is 2.80. The minimum atomic E-state index is -4.54. The van der Waals surface area contributed by atoms with E-state index in [9.17, 15) is 13.2 Å². The first-order chi connectivity index (χ1) is 9.40. The maximum Gasteiger partial charge on any atom is 0.451 e. The Hall–Kier alpha value is -1.53. The van der Waals surface area contributed by atoms with Crippen molar-refractivity contribution >= 4 is 11.6 Å². The predicted molar refractivity (Wildman–Crippen MR) is 71.6 cm³/mol. The maximum atomic E-state index is 12.7. The van der Waals surface area contributed by atoms with Crippen molar-refractivity contribution in [1.82, 2.24) is 9.97 Å². The van der Waals surface area contributed by atoms with Gasteiger partial charge in [0, 0.05) is 19.7 Å². The van der Waals surface area contributed by atoms with Gasteiger partial charge in [0.25, 0.3) is 0 Å². The molecule has 0 aliphatic heterocycles. The Kier molecular flexibility index (Phi) is 4.35. The van der Waals surface area contributed by atoms with E-state index in [4.69, 9.17) is 0 Å². The topological polar surface area (TPSA) is 49.8 Å². The van der Waals surface area contributed by atoms with Gasteiger partial charge < -0.3 is 10.6 Å². The summed E-state index contributed by atoms with van der Waals surface area (Å²) >= 11 is 0. The lowest BCUT2D eigenvalue weighted by Crippen LogP contribution is -2.19. The normalized spacial score (nSPS) is 22.9. The molecular formula is C13H19F3N4. The van der Waals surface area contributed by atoms with E-state index >= 15 is 0 Å². The van der Waals surface area contributed by atoms with E-state index in [1.165, 1.54) is 26.0 Å². The molecule has 112 valence electrons. The van der Waals surface area contributed by atoms with E-state index in [1.807, 2.05) is 0 Å². The van der Waals surface area contributed by atoms with Crippen molar-refractivity contribution in [3.05, 3.63) is 11.9 Å². The standard InChI is InChI=1S/C13H19F3N4/c1-8-4-3-5-9(8)7-18-11-6-10(17-2)19-12(20-11)13(14,15)16/h6,8-9H,3-5,7H2,1-2H3,(H2,17,18,19,20). The highest BCUT2D eigenvalue weighted by Gasteiger charge is 2.35. The van der Waals surface area contributed by atoms with Gasteiger partial charge in [-0.15, -0.1) is 0 Å². The molecule has 2 atom stereocenters. The van der Waals surface area contributed by atoms with Crippen LogP contribution in [0.4, 0.5) is 24.8 Å². The molecule has 1 aromatic heterocycles. The minimum absolute atomic E-state index is 0.161. The van der Waals surface area contributed by atoms with Crippen molar-refractivity contribution in [1.29, 1.82) is 0 Å². The molecular weight excluding hydrogens is 269 g/mol. The van der Waals surface area contributed by atoms with Crippen molar-refractivity contribution in [2.24, 2.45) is 11.8 Å². The quantitative estimate of drug-likeness (QED) is 0.891. The van der Waals surface area contributed by atoms with E-state index in [0.717, 1.165) is 6.42 Å². The van der Waals surface area contributed by atoms with E-state index in [2.05, 4.69) is 27.5 Å². The summed E-state index contributed by atoms with van der Waals surface area (Å²) in [7, 11) is 1.53. The van der Waals surface area contributed by atoms with Gasteiger partial charge in [0.05, 0.1) is 0 Å². The molecule has 1 aromatic rings. The first-order valence-corrected chi connectivity index (χ1v) is 6.78. The zero-order chi connectivity index (χ0) is 14.8. The molecule has 20 heavy (non-hydrogen) atoms. The third kappa shape index (κ3) is 3.52. The summed E-state index contributed by atoms with van der Waals surface area (Å²) in [5.74, 6) is 0.365. The molecule has 2 N–H and O–H groups in total. The molecule has 4 nitrogen and oxygen atoms in total. The van der Waals surface area contributed by atoms with Gasteiger partial charge in [-0.1, -0.05) is 19.8 Å². The van der Waals surface area contributed by atoms with Crippen LogP contribution in [0.25, 0.3) is 0 Å². The van der Waals surface area contributed by atoms with E-state index < -0.39 is 12.0 Å². The Balaban J connectivity index is 2.10. The highest BCUT2D eigenvalue weighted by molar-refractivity contribution is 5.47. The van der Waals surface area contributed by atoms with Gasteiger partial charge in [0.1, 0.15) is 11.6 Å². The van der Waals surface area contributed by atoms with Gasteiger partial charge >= 0.3 is 6.18 Å². The van der Waals surface area contributed by atoms with Gasteiger partial charge in [0.2, 0.25) is 5.82 Å². The third-order valence-electron chi connectivity index (χ3n) is 3.82. The highest BCUT2D eigenvalue weighted by Crippen LogP contribution is 2.32. The Morgan fingerprint density at radius 1 is 1.25 bits per heavy atom. The Bertz CT molecular complexity index is 461. The van der Waals surface area contributed by atoms with Crippen LogP contribution in [0.3, 0.4) is 0 Å². The fourth-order valence-corrected chi connectivity index (χ4v) is 2.55. The van der Waals surface area contributed by atoms with Gasteiger partial charge in [0.15, 0.2) is 0 Å². The lowest BCUT2D eigenvalue weighted by Gasteiger charge is -2.17. The first-order valence-electron chi connectivity index (χ1n) is 6.78. The van der Waals surface area contributed by atoms with Crippen molar-refractivity contribution < 1.29 is 13.2 Å². The second-order valence-corrected chi connectivity index (χ2v) is 5.26. The van der Waals surface area contributed by atoms with Crippen molar-refractivity contribution in [2.45, 2.75) is 32.4 Å². The minimum Gasteiger partial charge on any atom is -0.373 e. The zero-order valence-electron chi connectivity index (χ0n) is 11.6. The van der Waals surface area contributed by atoms with Crippen LogP contribution in [0.2, 0.25) is 0 Å². The summed E-state index contributed by atoms with van der Waals surface area (Å²) in [6, 6.07) is 1.49.